The largest absolute Gasteiger partial charge is 0.367 e. The highest BCUT2D eigenvalue weighted by Crippen LogP contribution is 2.27. The van der Waals surface area contributed by atoms with Gasteiger partial charge >= 0.3 is 0 Å². The van der Waals surface area contributed by atoms with Crippen molar-refractivity contribution in [2.75, 3.05) is 11.4 Å². The summed E-state index contributed by atoms with van der Waals surface area (Å²) in [4.78, 5) is 2.48. The zero-order chi connectivity index (χ0) is 13.1. The van der Waals surface area contributed by atoms with E-state index < -0.39 is 0 Å². The van der Waals surface area contributed by atoms with Gasteiger partial charge in [-0.25, -0.2) is 0 Å². The zero-order valence-corrected chi connectivity index (χ0v) is 11.2. The van der Waals surface area contributed by atoms with Crippen LogP contribution in [0.25, 0.3) is 0 Å². The van der Waals surface area contributed by atoms with Crippen LogP contribution in [0.15, 0.2) is 48.5 Å². The molecular weight excluding hydrogens is 232 g/mol. The van der Waals surface area contributed by atoms with Crippen molar-refractivity contribution in [2.24, 2.45) is 5.73 Å². The summed E-state index contributed by atoms with van der Waals surface area (Å²) < 4.78 is 0. The molecule has 0 bridgehead atoms. The maximum atomic E-state index is 5.64. The van der Waals surface area contributed by atoms with E-state index in [2.05, 4.69) is 53.4 Å². The summed E-state index contributed by atoms with van der Waals surface area (Å²) in [5.41, 5.74) is 11.1. The molecule has 2 aromatic carbocycles. The van der Waals surface area contributed by atoms with Crippen molar-refractivity contribution in [1.29, 1.82) is 0 Å². The second-order valence-corrected chi connectivity index (χ2v) is 5.17. The highest BCUT2D eigenvalue weighted by atomic mass is 15.1. The van der Waals surface area contributed by atoms with E-state index in [0.29, 0.717) is 6.54 Å². The molecule has 0 aliphatic carbocycles. The van der Waals surface area contributed by atoms with E-state index in [4.69, 9.17) is 5.73 Å². The molecule has 0 spiro atoms. The van der Waals surface area contributed by atoms with Gasteiger partial charge in [0.15, 0.2) is 0 Å². The van der Waals surface area contributed by atoms with Crippen LogP contribution in [0.4, 0.5) is 5.69 Å². The van der Waals surface area contributed by atoms with Gasteiger partial charge in [0, 0.05) is 25.3 Å². The summed E-state index contributed by atoms with van der Waals surface area (Å²) in [5, 5.41) is 0. The number of anilines is 1. The molecule has 0 aromatic heterocycles. The van der Waals surface area contributed by atoms with E-state index in [1.54, 1.807) is 0 Å². The molecule has 0 amide bonds. The molecule has 0 saturated heterocycles. The van der Waals surface area contributed by atoms with Gasteiger partial charge in [0.05, 0.1) is 0 Å². The van der Waals surface area contributed by atoms with Crippen LogP contribution >= 0.6 is 0 Å². The van der Waals surface area contributed by atoms with Crippen LogP contribution in [-0.4, -0.2) is 6.54 Å². The normalized spacial score (nSPS) is 14.3. The monoisotopic (exact) mass is 252 g/mol. The first-order valence-electron chi connectivity index (χ1n) is 6.97. The van der Waals surface area contributed by atoms with E-state index in [1.807, 2.05) is 0 Å². The van der Waals surface area contributed by atoms with Crippen LogP contribution in [0.3, 0.4) is 0 Å². The second kappa shape index (κ2) is 5.45. The van der Waals surface area contributed by atoms with Gasteiger partial charge in [-0.15, -0.1) is 0 Å². The van der Waals surface area contributed by atoms with Crippen molar-refractivity contribution in [1.82, 2.24) is 0 Å². The maximum absolute atomic E-state index is 5.64. The summed E-state index contributed by atoms with van der Waals surface area (Å²) in [7, 11) is 0. The zero-order valence-electron chi connectivity index (χ0n) is 11.2. The van der Waals surface area contributed by atoms with Crippen LogP contribution in [-0.2, 0) is 19.5 Å². The Morgan fingerprint density at radius 2 is 1.68 bits per heavy atom. The fourth-order valence-corrected chi connectivity index (χ4v) is 2.78. The third kappa shape index (κ3) is 2.64. The first-order chi connectivity index (χ1) is 9.36. The second-order valence-electron chi connectivity index (χ2n) is 5.17. The number of para-hydroxylation sites is 1. The average Bonchev–Trinajstić information content (AvgIpc) is 2.48. The molecule has 2 heteroatoms. The molecule has 2 N–H and O–H groups in total. The minimum Gasteiger partial charge on any atom is -0.367 e. The average molecular weight is 252 g/mol. The van der Waals surface area contributed by atoms with Crippen LogP contribution in [0.1, 0.15) is 23.1 Å². The molecule has 2 aromatic rings. The number of benzene rings is 2. The topological polar surface area (TPSA) is 29.3 Å². The fourth-order valence-electron chi connectivity index (χ4n) is 2.78. The number of nitrogens with zero attached hydrogens (tertiary/aromatic N) is 1. The number of rotatable bonds is 3. The number of aryl methyl sites for hydroxylation is 1. The van der Waals surface area contributed by atoms with E-state index in [0.717, 1.165) is 13.1 Å². The minimum absolute atomic E-state index is 0.618. The Balaban J connectivity index is 1.80. The Morgan fingerprint density at radius 1 is 0.947 bits per heavy atom. The van der Waals surface area contributed by atoms with Gasteiger partial charge in [0.1, 0.15) is 0 Å². The van der Waals surface area contributed by atoms with Gasteiger partial charge in [-0.3, -0.25) is 0 Å². The SMILES string of the molecule is NCc1ccc(CN2CCCc3ccccc32)cc1. The predicted octanol–water partition coefficient (Wildman–Crippen LogP) is 3.10. The Hall–Kier alpha value is -1.80. The molecule has 0 atom stereocenters. The van der Waals surface area contributed by atoms with Crippen molar-refractivity contribution in [2.45, 2.75) is 25.9 Å². The van der Waals surface area contributed by atoms with Crippen molar-refractivity contribution < 1.29 is 0 Å². The summed E-state index contributed by atoms with van der Waals surface area (Å²) in [6, 6.07) is 17.4. The molecule has 3 rings (SSSR count). The van der Waals surface area contributed by atoms with Gasteiger partial charge in [-0.2, -0.15) is 0 Å². The molecule has 19 heavy (non-hydrogen) atoms. The third-order valence-electron chi connectivity index (χ3n) is 3.84. The molecular formula is C17H20N2. The standard InChI is InChI=1S/C17H20N2/c18-12-14-7-9-15(10-8-14)13-19-11-3-5-16-4-1-2-6-17(16)19/h1-2,4,6-10H,3,5,11-13,18H2. The Kier molecular flexibility index (Phi) is 3.51. The Morgan fingerprint density at radius 3 is 2.47 bits per heavy atom. The van der Waals surface area contributed by atoms with Crippen molar-refractivity contribution >= 4 is 5.69 Å². The van der Waals surface area contributed by atoms with Gasteiger partial charge in [0.2, 0.25) is 0 Å². The van der Waals surface area contributed by atoms with Crippen molar-refractivity contribution in [3.05, 3.63) is 65.2 Å². The highest BCUT2D eigenvalue weighted by molar-refractivity contribution is 5.55. The maximum Gasteiger partial charge on any atom is 0.0429 e. The van der Waals surface area contributed by atoms with Gasteiger partial charge in [-0.1, -0.05) is 42.5 Å². The number of nitrogens with two attached hydrogens (primary N) is 1. The number of hydrogen-bond donors (Lipinski definition) is 1. The summed E-state index contributed by atoms with van der Waals surface area (Å²) in [6.07, 6.45) is 2.46. The molecule has 0 fully saturated rings. The first kappa shape index (κ1) is 12.2. The third-order valence-corrected chi connectivity index (χ3v) is 3.84. The Bertz CT molecular complexity index is 545. The lowest BCUT2D eigenvalue weighted by atomic mass is 10.0. The molecule has 0 unspecified atom stereocenters. The Labute approximate surface area is 114 Å². The molecule has 98 valence electrons. The van der Waals surface area contributed by atoms with Crippen LogP contribution < -0.4 is 10.6 Å². The van der Waals surface area contributed by atoms with E-state index in [9.17, 15) is 0 Å². The summed E-state index contributed by atoms with van der Waals surface area (Å²) in [5.74, 6) is 0. The van der Waals surface area contributed by atoms with Gasteiger partial charge < -0.3 is 10.6 Å². The lowest BCUT2D eigenvalue weighted by Gasteiger charge is -2.31. The predicted molar refractivity (Wildman–Crippen MR) is 80.1 cm³/mol. The lowest BCUT2D eigenvalue weighted by molar-refractivity contribution is 0.691. The molecule has 1 aliphatic rings. The number of fused-ring (bicyclic) bond motifs is 1. The molecule has 0 radical (unpaired) electrons. The summed E-state index contributed by atoms with van der Waals surface area (Å²) in [6.45, 7) is 2.75. The molecule has 2 nitrogen and oxygen atoms in total. The van der Waals surface area contributed by atoms with Gasteiger partial charge in [0.25, 0.3) is 0 Å². The van der Waals surface area contributed by atoms with E-state index in [1.165, 1.54) is 35.2 Å². The smallest absolute Gasteiger partial charge is 0.0429 e. The lowest BCUT2D eigenvalue weighted by Crippen LogP contribution is -2.28. The van der Waals surface area contributed by atoms with Crippen LogP contribution in [0.2, 0.25) is 0 Å². The molecule has 1 heterocycles. The van der Waals surface area contributed by atoms with Gasteiger partial charge in [-0.05, 0) is 35.6 Å². The van der Waals surface area contributed by atoms with Crippen LogP contribution in [0.5, 0.6) is 0 Å². The molecule has 1 aliphatic heterocycles. The first-order valence-corrected chi connectivity index (χ1v) is 6.97. The van der Waals surface area contributed by atoms with Crippen molar-refractivity contribution in [3.8, 4) is 0 Å². The van der Waals surface area contributed by atoms with E-state index >= 15 is 0 Å². The van der Waals surface area contributed by atoms with E-state index in [-0.39, 0.29) is 0 Å². The van der Waals surface area contributed by atoms with Crippen molar-refractivity contribution in [3.63, 3.8) is 0 Å². The quantitative estimate of drug-likeness (QED) is 0.909. The van der Waals surface area contributed by atoms with Crippen LogP contribution in [0, 0.1) is 0 Å². The minimum atomic E-state index is 0.618. The fraction of sp³-hybridized carbons (Fsp3) is 0.294. The summed E-state index contributed by atoms with van der Waals surface area (Å²) >= 11 is 0. The highest BCUT2D eigenvalue weighted by Gasteiger charge is 2.15. The number of hydrogen-bond acceptors (Lipinski definition) is 2. The molecule has 0 saturated carbocycles.